The molecule has 2 N–H and O–H groups in total. The van der Waals surface area contributed by atoms with Crippen LogP contribution < -0.4 is 10.6 Å². The molecule has 1 saturated heterocycles. The van der Waals surface area contributed by atoms with Crippen molar-refractivity contribution in [2.45, 2.75) is 95.7 Å². The van der Waals surface area contributed by atoms with E-state index in [1.807, 2.05) is 7.05 Å². The molecular weight excluding hydrogens is 491 g/mol. The Bertz CT molecular complexity index is 602. The second kappa shape index (κ2) is 10.8. The minimum absolute atomic E-state index is 0. The first-order valence-corrected chi connectivity index (χ1v) is 12.1. The van der Waals surface area contributed by atoms with Crippen LogP contribution in [-0.4, -0.2) is 61.7 Å². The van der Waals surface area contributed by atoms with Crippen LogP contribution in [0.4, 0.5) is 0 Å². The largest absolute Gasteiger partial charge is 0.378 e. The average Bonchev–Trinajstić information content (AvgIpc) is 3.44. The zero-order valence-electron chi connectivity index (χ0n) is 18.8. The Hall–Kier alpha value is -0.570. The number of likely N-dealkylation sites (tertiary alicyclic amines) is 1. The van der Waals surface area contributed by atoms with Crippen molar-refractivity contribution in [2.24, 2.45) is 16.3 Å². The molecule has 1 heterocycles. The van der Waals surface area contributed by atoms with Gasteiger partial charge in [0.1, 0.15) is 0 Å². The lowest BCUT2D eigenvalue weighted by atomic mass is 9.55. The van der Waals surface area contributed by atoms with Crippen molar-refractivity contribution in [1.29, 1.82) is 0 Å². The summed E-state index contributed by atoms with van der Waals surface area (Å²) in [7, 11) is 1.86. The van der Waals surface area contributed by atoms with Crippen LogP contribution in [0.3, 0.4) is 0 Å². The predicted molar refractivity (Wildman–Crippen MR) is 131 cm³/mol. The number of rotatable bonds is 5. The molecule has 0 aromatic heterocycles. The van der Waals surface area contributed by atoms with Gasteiger partial charge in [-0.25, -0.2) is 0 Å². The topological polar surface area (TPSA) is 66.0 Å². The summed E-state index contributed by atoms with van der Waals surface area (Å²) in [6.45, 7) is 4.60. The van der Waals surface area contributed by atoms with Crippen molar-refractivity contribution in [3.63, 3.8) is 0 Å². The number of hydrogen-bond donors (Lipinski definition) is 2. The molecule has 1 aliphatic heterocycles. The highest BCUT2D eigenvalue weighted by atomic mass is 127. The molecule has 6 nitrogen and oxygen atoms in total. The van der Waals surface area contributed by atoms with E-state index in [1.165, 1.54) is 44.9 Å². The van der Waals surface area contributed by atoms with Crippen molar-refractivity contribution in [1.82, 2.24) is 15.5 Å². The number of guanidine groups is 1. The zero-order valence-corrected chi connectivity index (χ0v) is 21.2. The van der Waals surface area contributed by atoms with Crippen molar-refractivity contribution in [3.05, 3.63) is 0 Å². The molecule has 3 aliphatic carbocycles. The summed E-state index contributed by atoms with van der Waals surface area (Å²) in [4.78, 5) is 19.3. The highest BCUT2D eigenvalue weighted by Gasteiger charge is 2.56. The SMILES string of the molecule is CCOC1CC(NC(=NC)NC2CCN(C(=O)C3CCCC3)C2)C12CCCCC2.I. The molecule has 4 aliphatic rings. The van der Waals surface area contributed by atoms with Crippen LogP contribution in [0.2, 0.25) is 0 Å². The van der Waals surface area contributed by atoms with Gasteiger partial charge in [-0.2, -0.15) is 0 Å². The lowest BCUT2D eigenvalue weighted by Crippen LogP contribution is -2.67. The maximum Gasteiger partial charge on any atom is 0.225 e. The van der Waals surface area contributed by atoms with Crippen molar-refractivity contribution >= 4 is 35.8 Å². The lowest BCUT2D eigenvalue weighted by molar-refractivity contribution is -0.145. The van der Waals surface area contributed by atoms with Crippen LogP contribution in [-0.2, 0) is 9.53 Å². The summed E-state index contributed by atoms with van der Waals surface area (Å²) in [5, 5.41) is 7.35. The van der Waals surface area contributed by atoms with Crippen LogP contribution in [0.15, 0.2) is 4.99 Å². The van der Waals surface area contributed by atoms with Crippen molar-refractivity contribution in [3.8, 4) is 0 Å². The van der Waals surface area contributed by atoms with Gasteiger partial charge in [0.05, 0.1) is 6.10 Å². The quantitative estimate of drug-likeness (QED) is 0.322. The lowest BCUT2D eigenvalue weighted by Gasteiger charge is -2.58. The number of halogens is 1. The van der Waals surface area contributed by atoms with E-state index < -0.39 is 0 Å². The van der Waals surface area contributed by atoms with Gasteiger partial charge in [-0.1, -0.05) is 32.1 Å². The van der Waals surface area contributed by atoms with Crippen LogP contribution in [0, 0.1) is 11.3 Å². The second-order valence-electron chi connectivity index (χ2n) is 9.64. The Morgan fingerprint density at radius 2 is 1.83 bits per heavy atom. The summed E-state index contributed by atoms with van der Waals surface area (Å²) in [5.41, 5.74) is 0.284. The first kappa shape index (κ1) is 24.1. The molecule has 3 saturated carbocycles. The van der Waals surface area contributed by atoms with Crippen LogP contribution in [0.5, 0.6) is 0 Å². The van der Waals surface area contributed by atoms with E-state index in [-0.39, 0.29) is 35.3 Å². The third-order valence-corrected chi connectivity index (χ3v) is 8.02. The highest BCUT2D eigenvalue weighted by Crippen LogP contribution is 2.53. The number of carbonyl (C=O) groups is 1. The smallest absolute Gasteiger partial charge is 0.225 e. The van der Waals surface area contributed by atoms with Crippen LogP contribution in [0.1, 0.15) is 77.6 Å². The molecule has 1 amide bonds. The van der Waals surface area contributed by atoms with Crippen LogP contribution >= 0.6 is 24.0 Å². The standard InChI is InChI=1S/C23H40N4O2.HI/c1-3-29-20-15-19(23(20)12-7-4-8-13-23)26-22(24-2)25-18-11-14-27(16-18)21(28)17-9-5-6-10-17;/h17-20H,3-16H2,1-2H3,(H2,24,25,26);1H. The number of carbonyl (C=O) groups excluding carboxylic acids is 1. The third-order valence-electron chi connectivity index (χ3n) is 8.02. The van der Waals surface area contributed by atoms with Gasteiger partial charge in [0, 0.05) is 50.2 Å². The van der Waals surface area contributed by atoms with Gasteiger partial charge < -0.3 is 20.3 Å². The van der Waals surface area contributed by atoms with E-state index in [4.69, 9.17) is 4.74 Å². The fourth-order valence-electron chi connectivity index (χ4n) is 6.30. The van der Waals surface area contributed by atoms with Gasteiger partial charge in [0.15, 0.2) is 5.96 Å². The molecular formula is C23H41IN4O2. The molecule has 172 valence electrons. The molecule has 0 aromatic carbocycles. The molecule has 0 radical (unpaired) electrons. The maximum absolute atomic E-state index is 12.7. The summed E-state index contributed by atoms with van der Waals surface area (Å²) >= 11 is 0. The minimum atomic E-state index is 0. The summed E-state index contributed by atoms with van der Waals surface area (Å²) in [5.74, 6) is 1.56. The Morgan fingerprint density at radius 3 is 2.50 bits per heavy atom. The molecule has 0 aromatic rings. The van der Waals surface area contributed by atoms with E-state index in [0.29, 0.717) is 24.1 Å². The molecule has 7 heteroatoms. The van der Waals surface area contributed by atoms with Gasteiger partial charge in [0.2, 0.25) is 5.91 Å². The van der Waals surface area contributed by atoms with Crippen LogP contribution in [0.25, 0.3) is 0 Å². The summed E-state index contributed by atoms with van der Waals surface area (Å²) in [6.07, 6.45) is 13.6. The monoisotopic (exact) mass is 532 g/mol. The molecule has 0 bridgehead atoms. The number of hydrogen-bond acceptors (Lipinski definition) is 3. The maximum atomic E-state index is 12.7. The zero-order chi connectivity index (χ0) is 20.3. The molecule has 3 unspecified atom stereocenters. The Balaban J connectivity index is 0.00000256. The Labute approximate surface area is 199 Å². The second-order valence-corrected chi connectivity index (χ2v) is 9.64. The fraction of sp³-hybridized carbons (Fsp3) is 0.913. The number of aliphatic imine (C=N–C) groups is 1. The number of nitrogens with one attached hydrogen (secondary N) is 2. The predicted octanol–water partition coefficient (Wildman–Crippen LogP) is 3.69. The number of amides is 1. The van der Waals surface area contributed by atoms with E-state index in [2.05, 4.69) is 27.4 Å². The van der Waals surface area contributed by atoms with Gasteiger partial charge in [-0.05, 0) is 45.4 Å². The molecule has 3 atom stereocenters. The number of ether oxygens (including phenoxy) is 1. The summed E-state index contributed by atoms with van der Waals surface area (Å²) in [6, 6.07) is 0.750. The normalized spacial score (nSPS) is 31.3. The van der Waals surface area contributed by atoms with E-state index in [0.717, 1.165) is 51.3 Å². The molecule has 1 spiro atoms. The van der Waals surface area contributed by atoms with E-state index >= 15 is 0 Å². The van der Waals surface area contributed by atoms with Gasteiger partial charge in [-0.15, -0.1) is 24.0 Å². The minimum Gasteiger partial charge on any atom is -0.378 e. The fourth-order valence-corrected chi connectivity index (χ4v) is 6.30. The molecule has 30 heavy (non-hydrogen) atoms. The first-order valence-electron chi connectivity index (χ1n) is 12.1. The highest BCUT2D eigenvalue weighted by molar-refractivity contribution is 14.0. The van der Waals surface area contributed by atoms with E-state index in [1.54, 1.807) is 0 Å². The Kier molecular flexibility index (Phi) is 8.70. The first-order chi connectivity index (χ1) is 14.2. The Morgan fingerprint density at radius 1 is 1.10 bits per heavy atom. The summed E-state index contributed by atoms with van der Waals surface area (Å²) < 4.78 is 6.09. The van der Waals surface area contributed by atoms with Gasteiger partial charge >= 0.3 is 0 Å². The average molecular weight is 533 g/mol. The van der Waals surface area contributed by atoms with Crippen molar-refractivity contribution in [2.75, 3.05) is 26.7 Å². The molecule has 4 fully saturated rings. The number of nitrogens with zero attached hydrogens (tertiary/aromatic N) is 2. The third kappa shape index (κ3) is 4.92. The van der Waals surface area contributed by atoms with Crippen molar-refractivity contribution < 1.29 is 9.53 Å². The molecule has 4 rings (SSSR count). The van der Waals surface area contributed by atoms with Gasteiger partial charge in [0.25, 0.3) is 0 Å². The van der Waals surface area contributed by atoms with Gasteiger partial charge in [-0.3, -0.25) is 9.79 Å². The van der Waals surface area contributed by atoms with E-state index in [9.17, 15) is 4.79 Å².